The number of hydrogen-bond acceptors (Lipinski definition) is 2. The monoisotopic (exact) mass is 221 g/mol. The minimum atomic E-state index is 0.0299. The standard InChI is InChI=1S/C12H19N3O/c1-3-6-11(2)12(16)13-7-4-9-15-10-5-8-14-15/h5-6,8,10H,3-4,7,9H2,1-2H3,(H,13,16)/b11-6+. The minimum absolute atomic E-state index is 0.0299. The average Bonchev–Trinajstić information content (AvgIpc) is 2.77. The Hall–Kier alpha value is -1.58. The van der Waals surface area contributed by atoms with Crippen molar-refractivity contribution >= 4 is 5.91 Å². The van der Waals surface area contributed by atoms with Gasteiger partial charge in [-0.25, -0.2) is 0 Å². The summed E-state index contributed by atoms with van der Waals surface area (Å²) >= 11 is 0. The first-order valence-corrected chi connectivity index (χ1v) is 5.66. The van der Waals surface area contributed by atoms with Crippen LogP contribution in [0.25, 0.3) is 0 Å². The molecule has 0 saturated carbocycles. The van der Waals surface area contributed by atoms with Crippen LogP contribution in [0.4, 0.5) is 0 Å². The molecule has 1 aromatic rings. The zero-order valence-corrected chi connectivity index (χ0v) is 9.94. The van der Waals surface area contributed by atoms with E-state index in [0.717, 1.165) is 25.0 Å². The topological polar surface area (TPSA) is 46.9 Å². The minimum Gasteiger partial charge on any atom is -0.352 e. The van der Waals surface area contributed by atoms with Gasteiger partial charge in [0.25, 0.3) is 0 Å². The van der Waals surface area contributed by atoms with Gasteiger partial charge < -0.3 is 5.32 Å². The molecule has 4 nitrogen and oxygen atoms in total. The van der Waals surface area contributed by atoms with Crippen LogP contribution in [-0.4, -0.2) is 22.2 Å². The van der Waals surface area contributed by atoms with Gasteiger partial charge in [0.2, 0.25) is 5.91 Å². The van der Waals surface area contributed by atoms with Crippen molar-refractivity contribution in [1.29, 1.82) is 0 Å². The lowest BCUT2D eigenvalue weighted by Gasteiger charge is -2.05. The molecule has 0 spiro atoms. The summed E-state index contributed by atoms with van der Waals surface area (Å²) in [6.07, 6.45) is 7.40. The third-order valence-corrected chi connectivity index (χ3v) is 2.28. The van der Waals surface area contributed by atoms with Crippen LogP contribution in [-0.2, 0) is 11.3 Å². The SMILES string of the molecule is CC/C=C(\C)C(=O)NCCCn1cccn1. The van der Waals surface area contributed by atoms with E-state index in [4.69, 9.17) is 0 Å². The van der Waals surface area contributed by atoms with Crippen LogP contribution in [0.2, 0.25) is 0 Å². The Morgan fingerprint density at radius 1 is 1.56 bits per heavy atom. The fourth-order valence-electron chi connectivity index (χ4n) is 1.41. The van der Waals surface area contributed by atoms with Crippen molar-refractivity contribution in [3.05, 3.63) is 30.1 Å². The van der Waals surface area contributed by atoms with Crippen molar-refractivity contribution in [2.75, 3.05) is 6.54 Å². The van der Waals surface area contributed by atoms with Gasteiger partial charge in [0.15, 0.2) is 0 Å². The summed E-state index contributed by atoms with van der Waals surface area (Å²) in [5.41, 5.74) is 0.793. The first-order valence-electron chi connectivity index (χ1n) is 5.66. The summed E-state index contributed by atoms with van der Waals surface area (Å²) in [6.45, 7) is 5.39. The molecule has 1 rings (SSSR count). The summed E-state index contributed by atoms with van der Waals surface area (Å²) in [7, 11) is 0. The van der Waals surface area contributed by atoms with Crippen LogP contribution in [0.15, 0.2) is 30.1 Å². The molecule has 0 aliphatic rings. The first kappa shape index (κ1) is 12.5. The molecule has 1 aromatic heterocycles. The highest BCUT2D eigenvalue weighted by Crippen LogP contribution is 1.95. The molecule has 4 heteroatoms. The Kier molecular flexibility index (Phi) is 5.32. The van der Waals surface area contributed by atoms with E-state index in [2.05, 4.69) is 10.4 Å². The third kappa shape index (κ3) is 4.29. The maximum absolute atomic E-state index is 11.5. The summed E-state index contributed by atoms with van der Waals surface area (Å²) in [5, 5.41) is 6.97. The van der Waals surface area contributed by atoms with Gasteiger partial charge in [-0.2, -0.15) is 5.10 Å². The van der Waals surface area contributed by atoms with Crippen molar-refractivity contribution in [3.8, 4) is 0 Å². The number of hydrogen-bond donors (Lipinski definition) is 1. The molecule has 0 aliphatic heterocycles. The molecule has 0 fully saturated rings. The Balaban J connectivity index is 2.16. The van der Waals surface area contributed by atoms with E-state index in [1.165, 1.54) is 0 Å². The van der Waals surface area contributed by atoms with Crippen LogP contribution in [0, 0.1) is 0 Å². The molecule has 88 valence electrons. The van der Waals surface area contributed by atoms with Gasteiger partial charge in [-0.3, -0.25) is 9.48 Å². The fourth-order valence-corrected chi connectivity index (χ4v) is 1.41. The molecule has 1 N–H and O–H groups in total. The summed E-state index contributed by atoms with van der Waals surface area (Å²) in [6, 6.07) is 1.90. The summed E-state index contributed by atoms with van der Waals surface area (Å²) in [4.78, 5) is 11.5. The van der Waals surface area contributed by atoms with Crippen molar-refractivity contribution in [2.45, 2.75) is 33.2 Å². The Morgan fingerprint density at radius 2 is 2.38 bits per heavy atom. The second kappa shape index (κ2) is 6.82. The number of aryl methyl sites for hydroxylation is 1. The van der Waals surface area contributed by atoms with Crippen molar-refractivity contribution in [3.63, 3.8) is 0 Å². The number of carbonyl (C=O) groups is 1. The maximum atomic E-state index is 11.5. The molecule has 0 unspecified atom stereocenters. The van der Waals surface area contributed by atoms with E-state index < -0.39 is 0 Å². The van der Waals surface area contributed by atoms with Crippen LogP contribution in [0.3, 0.4) is 0 Å². The van der Waals surface area contributed by atoms with Gasteiger partial charge in [-0.1, -0.05) is 13.0 Å². The molecule has 0 aliphatic carbocycles. The zero-order chi connectivity index (χ0) is 11.8. The van der Waals surface area contributed by atoms with Gasteiger partial charge in [0, 0.05) is 31.1 Å². The predicted molar refractivity (Wildman–Crippen MR) is 63.9 cm³/mol. The maximum Gasteiger partial charge on any atom is 0.246 e. The molecule has 1 heterocycles. The van der Waals surface area contributed by atoms with Crippen molar-refractivity contribution in [1.82, 2.24) is 15.1 Å². The van der Waals surface area contributed by atoms with E-state index >= 15 is 0 Å². The molecule has 0 saturated heterocycles. The first-order chi connectivity index (χ1) is 7.74. The second-order valence-electron chi connectivity index (χ2n) is 3.67. The van der Waals surface area contributed by atoms with E-state index in [9.17, 15) is 4.79 Å². The Morgan fingerprint density at radius 3 is 3.00 bits per heavy atom. The number of nitrogens with zero attached hydrogens (tertiary/aromatic N) is 2. The van der Waals surface area contributed by atoms with E-state index in [0.29, 0.717) is 6.54 Å². The molecule has 0 bridgehead atoms. The van der Waals surface area contributed by atoms with Crippen LogP contribution < -0.4 is 5.32 Å². The Bertz CT molecular complexity index is 341. The number of amides is 1. The van der Waals surface area contributed by atoms with Crippen molar-refractivity contribution in [2.24, 2.45) is 0 Å². The normalized spacial score (nSPS) is 11.5. The highest BCUT2D eigenvalue weighted by molar-refractivity contribution is 5.92. The smallest absolute Gasteiger partial charge is 0.246 e. The molecule has 0 radical (unpaired) electrons. The molecule has 1 amide bonds. The molecular formula is C12H19N3O. The molecular weight excluding hydrogens is 202 g/mol. The second-order valence-corrected chi connectivity index (χ2v) is 3.67. The number of carbonyl (C=O) groups excluding carboxylic acids is 1. The largest absolute Gasteiger partial charge is 0.352 e. The van der Waals surface area contributed by atoms with Crippen LogP contribution in [0.1, 0.15) is 26.7 Å². The lowest BCUT2D eigenvalue weighted by atomic mass is 10.2. The van der Waals surface area contributed by atoms with Gasteiger partial charge in [0.1, 0.15) is 0 Å². The highest BCUT2D eigenvalue weighted by Gasteiger charge is 2.01. The third-order valence-electron chi connectivity index (χ3n) is 2.28. The predicted octanol–water partition coefficient (Wildman–Crippen LogP) is 1.75. The highest BCUT2D eigenvalue weighted by atomic mass is 16.1. The summed E-state index contributed by atoms with van der Waals surface area (Å²) in [5.74, 6) is 0.0299. The van der Waals surface area contributed by atoms with Gasteiger partial charge in [-0.15, -0.1) is 0 Å². The fraction of sp³-hybridized carbons (Fsp3) is 0.500. The number of rotatable bonds is 6. The van der Waals surface area contributed by atoms with Crippen LogP contribution in [0.5, 0.6) is 0 Å². The Labute approximate surface area is 96.3 Å². The zero-order valence-electron chi connectivity index (χ0n) is 9.94. The van der Waals surface area contributed by atoms with E-state index in [1.807, 2.05) is 36.9 Å². The number of nitrogens with one attached hydrogen (secondary N) is 1. The number of allylic oxidation sites excluding steroid dienone is 1. The molecule has 0 atom stereocenters. The van der Waals surface area contributed by atoms with Gasteiger partial charge in [0.05, 0.1) is 0 Å². The summed E-state index contributed by atoms with van der Waals surface area (Å²) < 4.78 is 1.86. The van der Waals surface area contributed by atoms with Gasteiger partial charge >= 0.3 is 0 Å². The number of aromatic nitrogens is 2. The van der Waals surface area contributed by atoms with E-state index in [1.54, 1.807) is 6.20 Å². The lowest BCUT2D eigenvalue weighted by Crippen LogP contribution is -2.25. The lowest BCUT2D eigenvalue weighted by molar-refractivity contribution is -0.117. The van der Waals surface area contributed by atoms with E-state index in [-0.39, 0.29) is 5.91 Å². The van der Waals surface area contributed by atoms with Gasteiger partial charge in [-0.05, 0) is 25.8 Å². The van der Waals surface area contributed by atoms with Crippen LogP contribution >= 0.6 is 0 Å². The van der Waals surface area contributed by atoms with Crippen molar-refractivity contribution < 1.29 is 4.79 Å². The molecule has 16 heavy (non-hydrogen) atoms. The average molecular weight is 221 g/mol. The quantitative estimate of drug-likeness (QED) is 0.587. The molecule has 0 aromatic carbocycles.